The Labute approximate surface area is 173 Å². The summed E-state index contributed by atoms with van der Waals surface area (Å²) in [5.41, 5.74) is 1.45. The van der Waals surface area contributed by atoms with E-state index in [9.17, 15) is 4.79 Å². The van der Waals surface area contributed by atoms with Crippen LogP contribution < -0.4 is 10.5 Å². The first-order chi connectivity index (χ1) is 14.2. The average Bonchev–Trinajstić information content (AvgIpc) is 3.49. The summed E-state index contributed by atoms with van der Waals surface area (Å²) in [5, 5.41) is 8.77. The van der Waals surface area contributed by atoms with E-state index < -0.39 is 0 Å². The summed E-state index contributed by atoms with van der Waals surface area (Å²) in [5.74, 6) is 2.36. The van der Waals surface area contributed by atoms with Gasteiger partial charge < -0.3 is 9.42 Å². The fraction of sp³-hybridized carbons (Fsp3) is 0.429. The molecule has 7 nitrogen and oxygen atoms in total. The number of piperidine rings is 1. The van der Waals surface area contributed by atoms with Crippen LogP contribution in [0, 0.1) is 0 Å². The van der Waals surface area contributed by atoms with E-state index in [1.54, 1.807) is 6.20 Å². The van der Waals surface area contributed by atoms with Crippen molar-refractivity contribution >= 4 is 17.3 Å². The van der Waals surface area contributed by atoms with E-state index in [0.29, 0.717) is 18.2 Å². The first kappa shape index (κ1) is 18.4. The zero-order chi connectivity index (χ0) is 19.8. The molecule has 1 aliphatic heterocycles. The summed E-state index contributed by atoms with van der Waals surface area (Å²) in [7, 11) is 0. The van der Waals surface area contributed by atoms with Gasteiger partial charge in [-0.1, -0.05) is 47.1 Å². The smallest absolute Gasteiger partial charge is 0.287 e. The maximum absolute atomic E-state index is 12.7. The van der Waals surface area contributed by atoms with Gasteiger partial charge in [0.25, 0.3) is 5.56 Å². The molecule has 1 saturated carbocycles. The van der Waals surface area contributed by atoms with Crippen molar-refractivity contribution in [2.75, 3.05) is 18.0 Å². The monoisotopic (exact) mass is 411 g/mol. The molecule has 5 rings (SSSR count). The highest BCUT2D eigenvalue weighted by Gasteiger charge is 2.32. The molecule has 0 radical (unpaired) electrons. The Balaban J connectivity index is 1.27. The molecular formula is C21H22ClN5O2. The van der Waals surface area contributed by atoms with Crippen molar-refractivity contribution in [3.8, 4) is 0 Å². The first-order valence-corrected chi connectivity index (χ1v) is 10.4. The van der Waals surface area contributed by atoms with Gasteiger partial charge in [0, 0.05) is 24.9 Å². The molecule has 3 aromatic rings. The lowest BCUT2D eigenvalue weighted by atomic mass is 9.96. The zero-order valence-electron chi connectivity index (χ0n) is 16.0. The van der Waals surface area contributed by atoms with Gasteiger partial charge in [-0.05, 0) is 31.2 Å². The van der Waals surface area contributed by atoms with Crippen LogP contribution in [0.25, 0.3) is 0 Å². The Kier molecular flexibility index (Phi) is 4.83. The minimum absolute atomic E-state index is 0.227. The van der Waals surface area contributed by atoms with Gasteiger partial charge in [-0.25, -0.2) is 4.68 Å². The van der Waals surface area contributed by atoms with Crippen molar-refractivity contribution in [3.63, 3.8) is 0 Å². The van der Waals surface area contributed by atoms with Gasteiger partial charge in [-0.15, -0.1) is 0 Å². The molecule has 2 fully saturated rings. The number of nitrogens with zero attached hydrogens (tertiary/aromatic N) is 5. The minimum atomic E-state index is -0.262. The highest BCUT2D eigenvalue weighted by atomic mass is 35.5. The molecule has 2 aromatic heterocycles. The van der Waals surface area contributed by atoms with Crippen LogP contribution in [0.15, 0.2) is 45.8 Å². The molecular weight excluding hydrogens is 390 g/mol. The first-order valence-electron chi connectivity index (χ1n) is 10.1. The third-order valence-electron chi connectivity index (χ3n) is 5.73. The van der Waals surface area contributed by atoms with Gasteiger partial charge in [-0.2, -0.15) is 10.1 Å². The standard InChI is InChI=1S/C21H22ClN5O2/c22-18-17(12-23-27(21(18)28)13-14-4-2-1-3-5-14)26-10-8-15(9-11-26)19-24-20(29-25-19)16-6-7-16/h1-5,12,15-16H,6-11,13H2. The third-order valence-corrected chi connectivity index (χ3v) is 6.08. The Morgan fingerprint density at radius 2 is 1.83 bits per heavy atom. The summed E-state index contributed by atoms with van der Waals surface area (Å²) < 4.78 is 6.81. The predicted molar refractivity (Wildman–Crippen MR) is 110 cm³/mol. The van der Waals surface area contributed by atoms with E-state index in [1.165, 1.54) is 4.68 Å². The Hall–Kier alpha value is -2.67. The van der Waals surface area contributed by atoms with Crippen molar-refractivity contribution in [1.82, 2.24) is 19.9 Å². The fourth-order valence-corrected chi connectivity index (χ4v) is 4.10. The fourth-order valence-electron chi connectivity index (χ4n) is 3.83. The molecule has 3 heterocycles. The number of hydrogen-bond acceptors (Lipinski definition) is 6. The number of anilines is 1. The van der Waals surface area contributed by atoms with Crippen LogP contribution in [0.1, 0.15) is 54.8 Å². The topological polar surface area (TPSA) is 77.1 Å². The molecule has 0 unspecified atom stereocenters. The van der Waals surface area contributed by atoms with Crippen LogP contribution in [0.2, 0.25) is 5.02 Å². The Morgan fingerprint density at radius 1 is 1.07 bits per heavy atom. The highest BCUT2D eigenvalue weighted by Crippen LogP contribution is 2.40. The molecule has 0 spiro atoms. The molecule has 29 heavy (non-hydrogen) atoms. The van der Waals surface area contributed by atoms with Crippen LogP contribution in [0.5, 0.6) is 0 Å². The number of halogens is 1. The van der Waals surface area contributed by atoms with E-state index in [2.05, 4.69) is 20.1 Å². The number of aromatic nitrogens is 4. The van der Waals surface area contributed by atoms with Gasteiger partial charge in [-0.3, -0.25) is 4.79 Å². The van der Waals surface area contributed by atoms with Crippen molar-refractivity contribution in [2.24, 2.45) is 0 Å². The van der Waals surface area contributed by atoms with Gasteiger partial charge >= 0.3 is 0 Å². The van der Waals surface area contributed by atoms with Gasteiger partial charge in [0.1, 0.15) is 5.02 Å². The summed E-state index contributed by atoms with van der Waals surface area (Å²) in [6, 6.07) is 9.76. The number of benzene rings is 1. The summed E-state index contributed by atoms with van der Waals surface area (Å²) in [4.78, 5) is 19.4. The molecule has 8 heteroatoms. The van der Waals surface area contributed by atoms with Crippen molar-refractivity contribution < 1.29 is 4.52 Å². The van der Waals surface area contributed by atoms with Crippen molar-refractivity contribution in [2.45, 2.75) is 44.1 Å². The van der Waals surface area contributed by atoms with Crippen LogP contribution >= 0.6 is 11.6 Å². The average molecular weight is 412 g/mol. The largest absolute Gasteiger partial charge is 0.369 e. The second-order valence-corrected chi connectivity index (χ2v) is 8.20. The lowest BCUT2D eigenvalue weighted by Crippen LogP contribution is -2.35. The van der Waals surface area contributed by atoms with Crippen LogP contribution in [-0.2, 0) is 6.54 Å². The molecule has 0 atom stereocenters. The summed E-state index contributed by atoms with van der Waals surface area (Å²) >= 11 is 6.44. The quantitative estimate of drug-likeness (QED) is 0.638. The predicted octanol–water partition coefficient (Wildman–Crippen LogP) is 3.59. The molecule has 1 aromatic carbocycles. The van der Waals surface area contributed by atoms with E-state index >= 15 is 0 Å². The normalized spacial score (nSPS) is 17.6. The molecule has 1 saturated heterocycles. The van der Waals surface area contributed by atoms with E-state index in [-0.39, 0.29) is 16.5 Å². The van der Waals surface area contributed by atoms with Crippen molar-refractivity contribution in [3.05, 3.63) is 69.2 Å². The van der Waals surface area contributed by atoms with E-state index in [0.717, 1.165) is 56.1 Å². The molecule has 0 bridgehead atoms. The second-order valence-electron chi connectivity index (χ2n) is 7.82. The van der Waals surface area contributed by atoms with E-state index in [1.807, 2.05) is 30.3 Å². The molecule has 150 valence electrons. The molecule has 2 aliphatic rings. The Bertz CT molecular complexity index is 1050. The number of hydrogen-bond donors (Lipinski definition) is 0. The van der Waals surface area contributed by atoms with Gasteiger partial charge in [0.15, 0.2) is 5.82 Å². The zero-order valence-corrected chi connectivity index (χ0v) is 16.8. The van der Waals surface area contributed by atoms with Crippen LogP contribution in [0.4, 0.5) is 5.69 Å². The molecule has 1 aliphatic carbocycles. The van der Waals surface area contributed by atoms with E-state index in [4.69, 9.17) is 16.1 Å². The number of rotatable bonds is 5. The molecule has 0 N–H and O–H groups in total. The molecule has 0 amide bonds. The second kappa shape index (κ2) is 7.63. The third kappa shape index (κ3) is 3.79. The van der Waals surface area contributed by atoms with Gasteiger partial charge in [0.05, 0.1) is 18.4 Å². The maximum Gasteiger partial charge on any atom is 0.287 e. The van der Waals surface area contributed by atoms with Crippen LogP contribution in [-0.4, -0.2) is 33.0 Å². The van der Waals surface area contributed by atoms with Crippen LogP contribution in [0.3, 0.4) is 0 Å². The SMILES string of the molecule is O=c1c(Cl)c(N2CCC(c3noc(C4CC4)n3)CC2)cnn1Cc1ccccc1. The minimum Gasteiger partial charge on any atom is -0.369 e. The van der Waals surface area contributed by atoms with Crippen molar-refractivity contribution in [1.29, 1.82) is 0 Å². The Morgan fingerprint density at radius 3 is 2.55 bits per heavy atom. The summed E-state index contributed by atoms with van der Waals surface area (Å²) in [6.45, 7) is 1.96. The highest BCUT2D eigenvalue weighted by molar-refractivity contribution is 6.33. The lowest BCUT2D eigenvalue weighted by Gasteiger charge is -2.32. The maximum atomic E-state index is 12.7. The summed E-state index contributed by atoms with van der Waals surface area (Å²) in [6.07, 6.45) is 5.80. The lowest BCUT2D eigenvalue weighted by molar-refractivity contribution is 0.365. The van der Waals surface area contributed by atoms with Gasteiger partial charge in [0.2, 0.25) is 5.89 Å².